The number of benzene rings is 1. The van der Waals surface area contributed by atoms with Crippen molar-refractivity contribution in [2.24, 2.45) is 0 Å². The largest absolute Gasteiger partial charge is 0.370 e. The van der Waals surface area contributed by atoms with Crippen molar-refractivity contribution >= 4 is 23.0 Å². The number of rotatable bonds is 4. The van der Waals surface area contributed by atoms with Crippen LogP contribution in [-0.2, 0) is 0 Å². The number of nitro groups is 1. The van der Waals surface area contributed by atoms with E-state index in [0.29, 0.717) is 5.82 Å². The number of halogens is 2. The Balaban J connectivity index is 2.33. The molecule has 8 nitrogen and oxygen atoms in total. The SMILES string of the molecule is CC(Nc1cc(F)c(Cl)cc1[N+](=O)[O-])c1nn[nH]n1. The molecule has 100 valence electrons. The number of nitro benzene ring substituents is 1. The molecular weight excluding hydrogens is 279 g/mol. The van der Waals surface area contributed by atoms with Gasteiger partial charge in [0.25, 0.3) is 5.69 Å². The highest BCUT2D eigenvalue weighted by molar-refractivity contribution is 6.31. The van der Waals surface area contributed by atoms with Crippen molar-refractivity contribution in [1.82, 2.24) is 20.6 Å². The summed E-state index contributed by atoms with van der Waals surface area (Å²) in [6.45, 7) is 1.65. The van der Waals surface area contributed by atoms with E-state index in [0.717, 1.165) is 12.1 Å². The molecule has 0 aliphatic carbocycles. The molecule has 1 atom stereocenters. The molecule has 2 N–H and O–H groups in total. The van der Waals surface area contributed by atoms with Gasteiger partial charge in [-0.3, -0.25) is 10.1 Å². The van der Waals surface area contributed by atoms with Crippen molar-refractivity contribution < 1.29 is 9.31 Å². The third-order valence-corrected chi connectivity index (χ3v) is 2.65. The van der Waals surface area contributed by atoms with Crippen LogP contribution in [-0.4, -0.2) is 25.5 Å². The van der Waals surface area contributed by atoms with Crippen LogP contribution < -0.4 is 5.32 Å². The molecular formula is C9H8ClFN6O2. The molecule has 0 saturated carbocycles. The molecule has 0 bridgehead atoms. The second-order valence-corrected chi connectivity index (χ2v) is 4.08. The summed E-state index contributed by atoms with van der Waals surface area (Å²) in [5.41, 5.74) is -0.342. The molecule has 0 aliphatic rings. The van der Waals surface area contributed by atoms with Crippen LogP contribution in [0, 0.1) is 15.9 Å². The van der Waals surface area contributed by atoms with Gasteiger partial charge in [-0.25, -0.2) is 4.39 Å². The molecule has 0 saturated heterocycles. The molecule has 1 unspecified atom stereocenters. The fourth-order valence-electron chi connectivity index (χ4n) is 1.45. The monoisotopic (exact) mass is 286 g/mol. The maximum Gasteiger partial charge on any atom is 0.294 e. The van der Waals surface area contributed by atoms with Gasteiger partial charge in [0.2, 0.25) is 0 Å². The van der Waals surface area contributed by atoms with Gasteiger partial charge in [-0.15, -0.1) is 10.2 Å². The van der Waals surface area contributed by atoms with Crippen LogP contribution in [0.4, 0.5) is 15.8 Å². The summed E-state index contributed by atoms with van der Waals surface area (Å²) >= 11 is 5.52. The van der Waals surface area contributed by atoms with Crippen LogP contribution in [0.1, 0.15) is 18.8 Å². The van der Waals surface area contributed by atoms with Crippen molar-refractivity contribution in [3.8, 4) is 0 Å². The fraction of sp³-hybridized carbons (Fsp3) is 0.222. The van der Waals surface area contributed by atoms with E-state index in [9.17, 15) is 14.5 Å². The number of aromatic amines is 1. The Labute approximate surface area is 111 Å². The van der Waals surface area contributed by atoms with Gasteiger partial charge in [-0.05, 0) is 6.92 Å². The van der Waals surface area contributed by atoms with E-state index in [1.54, 1.807) is 6.92 Å². The van der Waals surface area contributed by atoms with E-state index in [1.807, 2.05) is 0 Å². The number of nitrogens with zero attached hydrogens (tertiary/aromatic N) is 4. The zero-order valence-corrected chi connectivity index (χ0v) is 10.3. The summed E-state index contributed by atoms with van der Waals surface area (Å²) in [6, 6.07) is 1.41. The Morgan fingerprint density at radius 2 is 2.32 bits per heavy atom. The van der Waals surface area contributed by atoms with Gasteiger partial charge in [-0.1, -0.05) is 16.8 Å². The minimum atomic E-state index is -0.755. The van der Waals surface area contributed by atoms with Crippen LogP contribution in [0.25, 0.3) is 0 Å². The Bertz CT molecular complexity index is 605. The summed E-state index contributed by atoms with van der Waals surface area (Å²) in [6.07, 6.45) is 0. The van der Waals surface area contributed by atoms with Crippen molar-refractivity contribution in [3.05, 3.63) is 38.9 Å². The van der Waals surface area contributed by atoms with Crippen LogP contribution in [0.5, 0.6) is 0 Å². The summed E-state index contributed by atoms with van der Waals surface area (Å²) in [4.78, 5) is 10.2. The first-order chi connectivity index (χ1) is 8.99. The molecule has 19 heavy (non-hydrogen) atoms. The first-order valence-electron chi connectivity index (χ1n) is 5.12. The molecule has 2 aromatic rings. The molecule has 0 amide bonds. The van der Waals surface area contributed by atoms with Crippen molar-refractivity contribution in [3.63, 3.8) is 0 Å². The quantitative estimate of drug-likeness (QED) is 0.657. The predicted molar refractivity (Wildman–Crippen MR) is 64.3 cm³/mol. The summed E-state index contributed by atoms with van der Waals surface area (Å²) in [5, 5.41) is 26.4. The third-order valence-electron chi connectivity index (χ3n) is 2.36. The zero-order valence-electron chi connectivity index (χ0n) is 9.59. The van der Waals surface area contributed by atoms with Gasteiger partial charge in [0, 0.05) is 12.1 Å². The standard InChI is InChI=1S/C9H8ClFN6O2/c1-4(9-13-15-16-14-9)12-7-3-6(11)5(10)2-8(7)17(18)19/h2-4,12H,1H3,(H,13,14,15,16). The molecule has 10 heteroatoms. The first-order valence-corrected chi connectivity index (χ1v) is 5.50. The van der Waals surface area contributed by atoms with Crippen molar-refractivity contribution in [1.29, 1.82) is 0 Å². The van der Waals surface area contributed by atoms with Crippen molar-refractivity contribution in [2.75, 3.05) is 5.32 Å². The van der Waals surface area contributed by atoms with Crippen molar-refractivity contribution in [2.45, 2.75) is 13.0 Å². The summed E-state index contributed by atoms with van der Waals surface area (Å²) in [5.74, 6) is -0.459. The summed E-state index contributed by atoms with van der Waals surface area (Å²) < 4.78 is 13.4. The molecule has 1 aromatic carbocycles. The third kappa shape index (κ3) is 2.76. The van der Waals surface area contributed by atoms with E-state index in [2.05, 4.69) is 25.9 Å². The number of hydrogen-bond donors (Lipinski definition) is 2. The van der Waals surface area contributed by atoms with Gasteiger partial charge in [-0.2, -0.15) is 5.21 Å². The Kier molecular flexibility index (Phi) is 3.56. The van der Waals surface area contributed by atoms with E-state index in [-0.39, 0.29) is 16.4 Å². The lowest BCUT2D eigenvalue weighted by Crippen LogP contribution is -2.10. The van der Waals surface area contributed by atoms with Crippen LogP contribution in [0.2, 0.25) is 5.02 Å². The van der Waals surface area contributed by atoms with Crippen LogP contribution in [0.3, 0.4) is 0 Å². The lowest BCUT2D eigenvalue weighted by Gasteiger charge is -2.12. The van der Waals surface area contributed by atoms with Gasteiger partial charge < -0.3 is 5.32 Å². The second-order valence-electron chi connectivity index (χ2n) is 3.68. The highest BCUT2D eigenvalue weighted by atomic mass is 35.5. The highest BCUT2D eigenvalue weighted by Gasteiger charge is 2.20. The zero-order chi connectivity index (χ0) is 14.0. The molecule has 0 spiro atoms. The van der Waals surface area contributed by atoms with Gasteiger partial charge in [0.15, 0.2) is 5.82 Å². The van der Waals surface area contributed by atoms with E-state index in [4.69, 9.17) is 11.6 Å². The first kappa shape index (κ1) is 13.1. The Morgan fingerprint density at radius 3 is 2.89 bits per heavy atom. The normalized spacial score (nSPS) is 12.2. The minimum absolute atomic E-state index is 0.01000. The predicted octanol–water partition coefficient (Wildman–Crippen LogP) is 2.07. The van der Waals surface area contributed by atoms with Crippen LogP contribution in [0.15, 0.2) is 12.1 Å². The van der Waals surface area contributed by atoms with Gasteiger partial charge >= 0.3 is 0 Å². The van der Waals surface area contributed by atoms with Crippen LogP contribution >= 0.6 is 11.6 Å². The Hall–Kier alpha value is -2.29. The molecule has 0 radical (unpaired) electrons. The number of tetrazole rings is 1. The molecule has 0 aliphatic heterocycles. The maximum atomic E-state index is 13.4. The highest BCUT2D eigenvalue weighted by Crippen LogP contribution is 2.32. The number of H-pyrrole nitrogens is 1. The minimum Gasteiger partial charge on any atom is -0.370 e. The van der Waals surface area contributed by atoms with E-state index in [1.165, 1.54) is 0 Å². The van der Waals surface area contributed by atoms with Gasteiger partial charge in [0.1, 0.15) is 11.5 Å². The lowest BCUT2D eigenvalue weighted by atomic mass is 10.2. The Morgan fingerprint density at radius 1 is 1.58 bits per heavy atom. The van der Waals surface area contributed by atoms with E-state index >= 15 is 0 Å². The maximum absolute atomic E-state index is 13.4. The molecule has 1 heterocycles. The lowest BCUT2D eigenvalue weighted by molar-refractivity contribution is -0.384. The average molecular weight is 287 g/mol. The second kappa shape index (κ2) is 5.14. The summed E-state index contributed by atoms with van der Waals surface area (Å²) in [7, 11) is 0. The molecule has 2 rings (SSSR count). The fourth-order valence-corrected chi connectivity index (χ4v) is 1.61. The van der Waals surface area contributed by atoms with E-state index < -0.39 is 16.8 Å². The number of nitrogens with one attached hydrogen (secondary N) is 2. The topological polar surface area (TPSA) is 110 Å². The van der Waals surface area contributed by atoms with Gasteiger partial charge in [0.05, 0.1) is 16.0 Å². The number of aromatic nitrogens is 4. The average Bonchev–Trinajstić information content (AvgIpc) is 2.86. The number of anilines is 1. The molecule has 1 aromatic heterocycles. The smallest absolute Gasteiger partial charge is 0.294 e. The number of hydrogen-bond acceptors (Lipinski definition) is 6. The molecule has 0 fully saturated rings.